The summed E-state index contributed by atoms with van der Waals surface area (Å²) in [7, 11) is 0. The normalized spacial score (nSPS) is 19.4. The van der Waals surface area contributed by atoms with Crippen LogP contribution in [0.5, 0.6) is 0 Å². The monoisotopic (exact) mass is 625 g/mol. The van der Waals surface area contributed by atoms with Crippen molar-refractivity contribution in [3.8, 4) is 0 Å². The molecule has 2 aromatic rings. The van der Waals surface area contributed by atoms with Crippen molar-refractivity contribution < 1.29 is 38.8 Å². The van der Waals surface area contributed by atoms with Gasteiger partial charge in [0.05, 0.1) is 5.38 Å². The quantitative estimate of drug-likeness (QED) is 0.0928. The molecule has 2 aliphatic rings. The Morgan fingerprint density at radius 2 is 2.12 bits per heavy atom. The summed E-state index contributed by atoms with van der Waals surface area (Å²) in [4.78, 5) is 60.1. The molecule has 5 N–H and O–H groups in total. The fourth-order valence-electron chi connectivity index (χ4n) is 3.68. The maximum Gasteiger partial charge on any atom is 0.352 e. The van der Waals surface area contributed by atoms with Gasteiger partial charge in [-0.3, -0.25) is 14.5 Å². The third kappa shape index (κ3) is 6.01. The number of thioether (sulfide) groups is 2. The highest BCUT2D eigenvalue weighted by atomic mass is 32.2. The smallest absolute Gasteiger partial charge is 0.352 e. The first kappa shape index (κ1) is 29.6. The molecule has 2 aliphatic heterocycles. The fraction of sp³-hybridized carbons (Fsp3) is 0.348. The van der Waals surface area contributed by atoms with E-state index in [4.69, 9.17) is 10.6 Å². The molecule has 0 aliphatic carbocycles. The first-order valence-electron chi connectivity index (χ1n) is 11.5. The van der Waals surface area contributed by atoms with E-state index in [0.29, 0.717) is 17.9 Å². The Kier molecular flexibility index (Phi) is 8.86. The van der Waals surface area contributed by atoms with Crippen LogP contribution in [0, 0.1) is 0 Å². The van der Waals surface area contributed by atoms with Crippen molar-refractivity contribution in [3.63, 3.8) is 0 Å². The second kappa shape index (κ2) is 12.0. The van der Waals surface area contributed by atoms with E-state index in [1.165, 1.54) is 31.0 Å². The second-order valence-corrected chi connectivity index (χ2v) is 12.8. The first-order valence-corrected chi connectivity index (χ1v) is 15.6. The SMILES string of the molecule is CSc1scc[n+]1C/C=C/C1=C(C(=O)O)N2C(=O)C(NC(=O)/C(=N\OC(C)(C)C(=O)O)c3csc(N)n3)[C@H]2SC1. The van der Waals surface area contributed by atoms with E-state index in [0.717, 1.165) is 20.6 Å². The van der Waals surface area contributed by atoms with E-state index < -0.39 is 40.8 Å². The molecular formula is C23H25N6O7S4+. The van der Waals surface area contributed by atoms with Crippen LogP contribution in [0.1, 0.15) is 19.5 Å². The van der Waals surface area contributed by atoms with Crippen molar-refractivity contribution in [3.05, 3.63) is 46.1 Å². The lowest BCUT2D eigenvalue weighted by Gasteiger charge is -2.49. The van der Waals surface area contributed by atoms with Crippen molar-refractivity contribution >= 4 is 80.8 Å². The number of nitrogens with two attached hydrogens (primary N) is 1. The molecule has 2 aromatic heterocycles. The zero-order valence-corrected chi connectivity index (χ0v) is 24.7. The molecule has 13 nitrogen and oxygen atoms in total. The van der Waals surface area contributed by atoms with E-state index in [9.17, 15) is 29.4 Å². The Morgan fingerprint density at radius 3 is 2.75 bits per heavy atom. The lowest BCUT2D eigenvalue weighted by molar-refractivity contribution is -0.716. The number of carboxylic acid groups (broad SMARTS) is 2. The number of rotatable bonds is 11. The molecule has 2 atom stereocenters. The molecule has 0 saturated carbocycles. The van der Waals surface area contributed by atoms with E-state index in [1.54, 1.807) is 29.2 Å². The average Bonchev–Trinajstić information content (AvgIpc) is 3.55. The number of nitrogens with one attached hydrogen (secondary N) is 1. The van der Waals surface area contributed by atoms with Crippen LogP contribution < -0.4 is 15.6 Å². The van der Waals surface area contributed by atoms with Crippen molar-refractivity contribution in [2.45, 2.75) is 41.7 Å². The predicted molar refractivity (Wildman–Crippen MR) is 151 cm³/mol. The highest BCUT2D eigenvalue weighted by Gasteiger charge is 2.54. The van der Waals surface area contributed by atoms with Gasteiger partial charge in [-0.1, -0.05) is 22.6 Å². The van der Waals surface area contributed by atoms with Crippen LogP contribution in [0.2, 0.25) is 0 Å². The van der Waals surface area contributed by atoms with Crippen molar-refractivity contribution in [1.82, 2.24) is 15.2 Å². The number of fused-ring (bicyclic) bond motifs is 1. The van der Waals surface area contributed by atoms with Gasteiger partial charge in [0.15, 0.2) is 23.6 Å². The number of hydrogen-bond acceptors (Lipinski definition) is 12. The van der Waals surface area contributed by atoms with Crippen LogP contribution in [0.15, 0.2) is 49.9 Å². The van der Waals surface area contributed by atoms with Crippen LogP contribution >= 0.6 is 46.2 Å². The van der Waals surface area contributed by atoms with E-state index in [2.05, 4.69) is 15.5 Å². The third-order valence-electron chi connectivity index (χ3n) is 5.79. The van der Waals surface area contributed by atoms with E-state index >= 15 is 0 Å². The number of nitrogens with zero attached hydrogens (tertiary/aromatic N) is 4. The molecule has 4 rings (SSSR count). The zero-order chi connectivity index (χ0) is 29.2. The molecule has 0 bridgehead atoms. The number of carboxylic acids is 2. The number of carbonyl (C=O) groups is 4. The van der Waals surface area contributed by atoms with E-state index in [-0.39, 0.29) is 22.2 Å². The molecule has 1 unspecified atom stereocenters. The molecule has 212 valence electrons. The minimum atomic E-state index is -1.75. The molecule has 4 heterocycles. The largest absolute Gasteiger partial charge is 0.478 e. The topological polar surface area (TPSA) is 188 Å². The number of carbonyl (C=O) groups excluding carboxylic acids is 2. The van der Waals surface area contributed by atoms with Gasteiger partial charge >= 0.3 is 11.9 Å². The molecule has 0 spiro atoms. The molecule has 0 aromatic carbocycles. The zero-order valence-electron chi connectivity index (χ0n) is 21.4. The van der Waals surface area contributed by atoms with Gasteiger partial charge in [0.1, 0.15) is 22.8 Å². The number of aliphatic carboxylic acids is 2. The van der Waals surface area contributed by atoms with Crippen molar-refractivity contribution in [1.29, 1.82) is 0 Å². The van der Waals surface area contributed by atoms with Crippen molar-refractivity contribution in [2.75, 3.05) is 17.7 Å². The Bertz CT molecular complexity index is 1450. The van der Waals surface area contributed by atoms with Gasteiger partial charge in [-0.05, 0) is 43.5 Å². The number of allylic oxidation sites excluding steroid dienone is 2. The summed E-state index contributed by atoms with van der Waals surface area (Å²) in [5, 5.41) is 28.4. The molecular weight excluding hydrogens is 601 g/mol. The molecule has 17 heteroatoms. The second-order valence-electron chi connectivity index (χ2n) is 8.89. The van der Waals surface area contributed by atoms with Gasteiger partial charge in [-0.2, -0.15) is 4.57 Å². The Labute approximate surface area is 244 Å². The summed E-state index contributed by atoms with van der Waals surface area (Å²) in [5.74, 6) is -3.71. The number of thiazole rings is 2. The summed E-state index contributed by atoms with van der Waals surface area (Å²) in [6.07, 6.45) is 7.47. The van der Waals surface area contributed by atoms with Crippen LogP contribution in [0.4, 0.5) is 5.13 Å². The Hall–Kier alpha value is -3.41. The van der Waals surface area contributed by atoms with Crippen LogP contribution in [-0.2, 0) is 30.6 Å². The first-order chi connectivity index (χ1) is 18.9. The Balaban J connectivity index is 1.52. The number of nitrogen functional groups attached to an aromatic ring is 1. The fourth-order valence-corrected chi connectivity index (χ4v) is 7.06. The highest BCUT2D eigenvalue weighted by Crippen LogP contribution is 2.40. The van der Waals surface area contributed by atoms with Crippen LogP contribution in [0.3, 0.4) is 0 Å². The number of oxime groups is 1. The summed E-state index contributed by atoms with van der Waals surface area (Å²) in [5.41, 5.74) is 3.94. The van der Waals surface area contributed by atoms with Gasteiger partial charge in [-0.25, -0.2) is 14.6 Å². The minimum Gasteiger partial charge on any atom is -0.478 e. The maximum absolute atomic E-state index is 13.2. The standard InChI is InChI=1S/C23H24N6O7S4/c1-23(2,20(34)35)36-27-13(12-10-40-21(24)25-12)16(30)26-14-17(31)29-15(19(32)33)11(9-39-18(14)29)5-4-6-28-7-8-38-22(28)37-3/h4-5,7-8,10,14,18H,6,9H2,1-3H3,(H4-,24,25,26,30,32,33,34,35)/p+1/b5-4+,27-13-/t14?,18-/m1/s1. The summed E-state index contributed by atoms with van der Waals surface area (Å²) in [6.45, 7) is 3.05. The molecule has 40 heavy (non-hydrogen) atoms. The van der Waals surface area contributed by atoms with Gasteiger partial charge in [0, 0.05) is 11.1 Å². The minimum absolute atomic E-state index is 0.0350. The number of anilines is 1. The van der Waals surface area contributed by atoms with Crippen LogP contribution in [-0.4, -0.2) is 78.6 Å². The van der Waals surface area contributed by atoms with Crippen molar-refractivity contribution in [2.24, 2.45) is 5.16 Å². The van der Waals surface area contributed by atoms with Crippen LogP contribution in [0.25, 0.3) is 0 Å². The average molecular weight is 626 g/mol. The summed E-state index contributed by atoms with van der Waals surface area (Å²) >= 11 is 5.56. The number of hydrogen-bond donors (Lipinski definition) is 4. The molecule has 2 amide bonds. The number of amides is 2. The highest BCUT2D eigenvalue weighted by molar-refractivity contribution is 8.00. The number of aromatic nitrogens is 2. The van der Waals surface area contributed by atoms with Gasteiger partial charge in [0.2, 0.25) is 5.60 Å². The predicted octanol–water partition coefficient (Wildman–Crippen LogP) is 1.38. The summed E-state index contributed by atoms with van der Waals surface area (Å²) < 4.78 is 3.13. The molecule has 1 saturated heterocycles. The van der Waals surface area contributed by atoms with Gasteiger partial charge in [0.25, 0.3) is 16.2 Å². The van der Waals surface area contributed by atoms with Gasteiger partial charge in [-0.15, -0.1) is 23.1 Å². The lowest BCUT2D eigenvalue weighted by atomic mass is 10.0. The van der Waals surface area contributed by atoms with E-state index in [1.807, 2.05) is 28.5 Å². The van der Waals surface area contributed by atoms with Gasteiger partial charge < -0.3 is 26.1 Å². The lowest BCUT2D eigenvalue weighted by Crippen LogP contribution is -2.71. The third-order valence-corrected chi connectivity index (χ3v) is 9.83. The summed E-state index contributed by atoms with van der Waals surface area (Å²) in [6, 6.07) is -1.04. The molecule has 0 radical (unpaired) electrons. The molecule has 1 fully saturated rings. The number of β-lactam (4-membered cyclic amide) rings is 1. The maximum atomic E-state index is 13.2. The Morgan fingerprint density at radius 1 is 1.38 bits per heavy atom.